The van der Waals surface area contributed by atoms with E-state index < -0.39 is 17.3 Å². The van der Waals surface area contributed by atoms with E-state index in [9.17, 15) is 18.3 Å². The van der Waals surface area contributed by atoms with E-state index in [1.807, 2.05) is 0 Å². The van der Waals surface area contributed by atoms with Crippen molar-refractivity contribution < 1.29 is 18.3 Å². The zero-order chi connectivity index (χ0) is 13.1. The van der Waals surface area contributed by atoms with Crippen LogP contribution in [0.25, 0.3) is 10.4 Å². The highest BCUT2D eigenvalue weighted by molar-refractivity contribution is 5.28. The van der Waals surface area contributed by atoms with Gasteiger partial charge in [0.05, 0.1) is 17.7 Å². The average Bonchev–Trinajstić information content (AvgIpc) is 2.25. The molecule has 0 aliphatic heterocycles. The number of hydrogen-bond donors (Lipinski definition) is 1. The van der Waals surface area contributed by atoms with Crippen LogP contribution in [0.15, 0.2) is 29.4 Å². The van der Waals surface area contributed by atoms with Gasteiger partial charge in [-0.1, -0.05) is 17.2 Å². The molecule has 0 saturated carbocycles. The molecule has 0 saturated heterocycles. The molecule has 92 valence electrons. The van der Waals surface area contributed by atoms with Gasteiger partial charge in [0, 0.05) is 4.91 Å². The van der Waals surface area contributed by atoms with Crippen LogP contribution >= 0.6 is 0 Å². The van der Waals surface area contributed by atoms with E-state index >= 15 is 0 Å². The quantitative estimate of drug-likeness (QED) is 0.495. The van der Waals surface area contributed by atoms with Crippen LogP contribution < -0.4 is 0 Å². The molecule has 0 heterocycles. The van der Waals surface area contributed by atoms with Gasteiger partial charge in [-0.05, 0) is 30.2 Å². The molecule has 0 aliphatic carbocycles. The van der Waals surface area contributed by atoms with Gasteiger partial charge in [0.25, 0.3) is 0 Å². The lowest BCUT2D eigenvalue weighted by Crippen LogP contribution is -2.24. The molecule has 0 radical (unpaired) electrons. The Labute approximate surface area is 95.3 Å². The second-order valence-corrected chi connectivity index (χ2v) is 3.74. The van der Waals surface area contributed by atoms with Crippen LogP contribution in [0.1, 0.15) is 18.1 Å². The first kappa shape index (κ1) is 13.3. The molecule has 1 N–H and O–H groups in total. The van der Waals surface area contributed by atoms with Crippen molar-refractivity contribution >= 4 is 0 Å². The third-order valence-electron chi connectivity index (χ3n) is 2.28. The number of halogens is 3. The fourth-order valence-corrected chi connectivity index (χ4v) is 1.28. The molecule has 1 rings (SSSR count). The van der Waals surface area contributed by atoms with Crippen LogP contribution in [-0.4, -0.2) is 11.7 Å². The molecule has 0 spiro atoms. The van der Waals surface area contributed by atoms with Gasteiger partial charge in [-0.15, -0.1) is 0 Å². The summed E-state index contributed by atoms with van der Waals surface area (Å²) in [5.74, 6) is 0. The van der Waals surface area contributed by atoms with Crippen molar-refractivity contribution in [2.75, 3.05) is 6.54 Å². The lowest BCUT2D eigenvalue weighted by Gasteiger charge is -2.21. The number of azide groups is 1. The topological polar surface area (TPSA) is 69.0 Å². The van der Waals surface area contributed by atoms with Gasteiger partial charge < -0.3 is 5.11 Å². The minimum absolute atomic E-state index is 0.241. The molecule has 0 fully saturated rings. The van der Waals surface area contributed by atoms with E-state index in [1.54, 1.807) is 0 Å². The zero-order valence-corrected chi connectivity index (χ0v) is 8.94. The van der Waals surface area contributed by atoms with Crippen molar-refractivity contribution in [3.8, 4) is 0 Å². The number of nitrogens with zero attached hydrogens (tertiary/aromatic N) is 3. The summed E-state index contributed by atoms with van der Waals surface area (Å²) in [6, 6.07) is 4.07. The molecule has 17 heavy (non-hydrogen) atoms. The van der Waals surface area contributed by atoms with Crippen molar-refractivity contribution in [3.63, 3.8) is 0 Å². The van der Waals surface area contributed by atoms with E-state index in [0.717, 1.165) is 24.3 Å². The first-order chi connectivity index (χ1) is 7.77. The first-order valence-electron chi connectivity index (χ1n) is 4.68. The molecule has 0 amide bonds. The Bertz CT molecular complexity index is 433. The Morgan fingerprint density at radius 2 is 1.71 bits per heavy atom. The van der Waals surface area contributed by atoms with Gasteiger partial charge in [0.2, 0.25) is 0 Å². The lowest BCUT2D eigenvalue weighted by atomic mass is 9.95. The molecule has 4 nitrogen and oxygen atoms in total. The Balaban J connectivity index is 2.98. The van der Waals surface area contributed by atoms with Crippen molar-refractivity contribution in [3.05, 3.63) is 45.8 Å². The van der Waals surface area contributed by atoms with E-state index in [-0.39, 0.29) is 12.1 Å². The smallest absolute Gasteiger partial charge is 0.385 e. The summed E-state index contributed by atoms with van der Waals surface area (Å²) < 4.78 is 36.9. The zero-order valence-electron chi connectivity index (χ0n) is 8.94. The Morgan fingerprint density at radius 1 is 1.24 bits per heavy atom. The van der Waals surface area contributed by atoms with Crippen LogP contribution in [0, 0.1) is 0 Å². The highest BCUT2D eigenvalue weighted by Gasteiger charge is 2.31. The van der Waals surface area contributed by atoms with Gasteiger partial charge in [-0.3, -0.25) is 0 Å². The van der Waals surface area contributed by atoms with Gasteiger partial charge in [0.1, 0.15) is 0 Å². The van der Waals surface area contributed by atoms with Gasteiger partial charge in [0.15, 0.2) is 0 Å². The van der Waals surface area contributed by atoms with Crippen molar-refractivity contribution in [2.45, 2.75) is 18.7 Å². The highest BCUT2D eigenvalue weighted by atomic mass is 19.4. The van der Waals surface area contributed by atoms with Gasteiger partial charge in [-0.25, -0.2) is 0 Å². The molecule has 7 heteroatoms. The molecule has 0 bridgehead atoms. The molecule has 1 unspecified atom stereocenters. The largest absolute Gasteiger partial charge is 0.416 e. The summed E-state index contributed by atoms with van der Waals surface area (Å²) in [6.45, 7) is 1.12. The predicted octanol–water partition coefficient (Wildman–Crippen LogP) is 3.22. The molecule has 1 aromatic rings. The number of alkyl halides is 3. The van der Waals surface area contributed by atoms with E-state index in [0.29, 0.717) is 0 Å². The van der Waals surface area contributed by atoms with Gasteiger partial charge in [-0.2, -0.15) is 13.2 Å². The maximum absolute atomic E-state index is 12.3. The molecule has 0 aliphatic rings. The van der Waals surface area contributed by atoms with Crippen molar-refractivity contribution in [1.82, 2.24) is 0 Å². The second kappa shape index (κ2) is 4.65. The summed E-state index contributed by atoms with van der Waals surface area (Å²) >= 11 is 0. The standard InChI is InChI=1S/C10H10F3N3O/c1-9(17,6-15-16-14)7-2-4-8(5-3-7)10(11,12)13/h2-5,17H,6H2,1H3. The Morgan fingerprint density at radius 3 is 2.12 bits per heavy atom. The molecule has 1 atom stereocenters. The van der Waals surface area contributed by atoms with Crippen LogP contribution in [0.4, 0.5) is 13.2 Å². The highest BCUT2D eigenvalue weighted by Crippen LogP contribution is 2.31. The minimum atomic E-state index is -4.41. The molecular weight excluding hydrogens is 235 g/mol. The first-order valence-corrected chi connectivity index (χ1v) is 4.68. The fraction of sp³-hybridized carbons (Fsp3) is 0.400. The number of hydrogen-bond acceptors (Lipinski definition) is 2. The van der Waals surface area contributed by atoms with Crippen LogP contribution in [0.5, 0.6) is 0 Å². The van der Waals surface area contributed by atoms with Crippen LogP contribution in [0.3, 0.4) is 0 Å². The average molecular weight is 245 g/mol. The fourth-order valence-electron chi connectivity index (χ4n) is 1.28. The maximum Gasteiger partial charge on any atom is 0.416 e. The SMILES string of the molecule is CC(O)(CN=[N+]=[N-])c1ccc(C(F)(F)F)cc1. The van der Waals surface area contributed by atoms with Gasteiger partial charge >= 0.3 is 6.18 Å². The lowest BCUT2D eigenvalue weighted by molar-refractivity contribution is -0.137. The number of rotatable bonds is 3. The van der Waals surface area contributed by atoms with E-state index in [2.05, 4.69) is 10.0 Å². The number of benzene rings is 1. The monoisotopic (exact) mass is 245 g/mol. The Kier molecular flexibility index (Phi) is 3.65. The summed E-state index contributed by atoms with van der Waals surface area (Å²) in [4.78, 5) is 2.49. The normalized spacial score (nSPS) is 14.9. The summed E-state index contributed by atoms with van der Waals surface area (Å²) in [7, 11) is 0. The van der Waals surface area contributed by atoms with E-state index in [1.165, 1.54) is 6.92 Å². The second-order valence-electron chi connectivity index (χ2n) is 3.74. The Hall–Kier alpha value is -1.72. The molecule has 1 aromatic carbocycles. The van der Waals surface area contributed by atoms with E-state index in [4.69, 9.17) is 5.53 Å². The van der Waals surface area contributed by atoms with Crippen LogP contribution in [-0.2, 0) is 11.8 Å². The number of aliphatic hydroxyl groups is 1. The third-order valence-corrected chi connectivity index (χ3v) is 2.28. The third kappa shape index (κ3) is 3.37. The molecule has 0 aromatic heterocycles. The maximum atomic E-state index is 12.3. The van der Waals surface area contributed by atoms with Crippen LogP contribution in [0.2, 0.25) is 0 Å². The summed E-state index contributed by atoms with van der Waals surface area (Å²) in [5.41, 5.74) is 6.12. The predicted molar refractivity (Wildman–Crippen MR) is 55.0 cm³/mol. The minimum Gasteiger partial charge on any atom is -0.385 e. The van der Waals surface area contributed by atoms with Crippen molar-refractivity contribution in [1.29, 1.82) is 0 Å². The van der Waals surface area contributed by atoms with Crippen molar-refractivity contribution in [2.24, 2.45) is 5.11 Å². The molecular formula is C10H10F3N3O. The summed E-state index contributed by atoms with van der Waals surface area (Å²) in [6.07, 6.45) is -4.41. The summed E-state index contributed by atoms with van der Waals surface area (Å²) in [5, 5.41) is 13.1.